The van der Waals surface area contributed by atoms with Gasteiger partial charge >= 0.3 is 0 Å². The SMILES string of the molecule is CC(C)Oc1ccc2c(c1)[nH]c1ccncc12. The molecule has 2 heterocycles. The first-order valence-electron chi connectivity index (χ1n) is 5.76. The number of hydrogen-bond donors (Lipinski definition) is 1. The van der Waals surface area contributed by atoms with Crippen LogP contribution in [0.3, 0.4) is 0 Å². The van der Waals surface area contributed by atoms with Crippen molar-refractivity contribution in [3.05, 3.63) is 36.7 Å². The summed E-state index contributed by atoms with van der Waals surface area (Å²) in [6.45, 7) is 4.05. The fraction of sp³-hybridized carbons (Fsp3) is 0.214. The van der Waals surface area contributed by atoms with Crippen molar-refractivity contribution in [2.45, 2.75) is 20.0 Å². The summed E-state index contributed by atoms with van der Waals surface area (Å²) in [5.74, 6) is 0.895. The lowest BCUT2D eigenvalue weighted by molar-refractivity contribution is 0.243. The fourth-order valence-electron chi connectivity index (χ4n) is 2.07. The number of hydrogen-bond acceptors (Lipinski definition) is 2. The number of fused-ring (bicyclic) bond motifs is 3. The van der Waals surface area contributed by atoms with Gasteiger partial charge in [0, 0.05) is 34.7 Å². The molecule has 86 valence electrons. The molecule has 0 amide bonds. The van der Waals surface area contributed by atoms with Crippen LogP contribution in [0.5, 0.6) is 5.75 Å². The summed E-state index contributed by atoms with van der Waals surface area (Å²) in [7, 11) is 0. The maximum Gasteiger partial charge on any atom is 0.121 e. The number of nitrogens with zero attached hydrogens (tertiary/aromatic N) is 1. The molecule has 0 atom stereocenters. The minimum Gasteiger partial charge on any atom is -0.491 e. The van der Waals surface area contributed by atoms with E-state index < -0.39 is 0 Å². The third-order valence-corrected chi connectivity index (χ3v) is 2.74. The van der Waals surface area contributed by atoms with Crippen molar-refractivity contribution in [3.8, 4) is 5.75 Å². The van der Waals surface area contributed by atoms with Gasteiger partial charge in [-0.3, -0.25) is 4.98 Å². The largest absolute Gasteiger partial charge is 0.491 e. The molecule has 0 saturated carbocycles. The summed E-state index contributed by atoms with van der Waals surface area (Å²) < 4.78 is 5.68. The van der Waals surface area contributed by atoms with Gasteiger partial charge in [-0.25, -0.2) is 0 Å². The highest BCUT2D eigenvalue weighted by Gasteiger charge is 2.05. The zero-order chi connectivity index (χ0) is 11.8. The third kappa shape index (κ3) is 1.73. The van der Waals surface area contributed by atoms with Gasteiger partial charge in [0.1, 0.15) is 5.75 Å². The molecule has 0 saturated heterocycles. The Morgan fingerprint density at radius 1 is 1.12 bits per heavy atom. The molecule has 3 aromatic rings. The monoisotopic (exact) mass is 226 g/mol. The molecule has 3 heteroatoms. The van der Waals surface area contributed by atoms with Gasteiger partial charge in [0.05, 0.1) is 11.6 Å². The first-order chi connectivity index (χ1) is 8.24. The van der Waals surface area contributed by atoms with E-state index in [0.717, 1.165) is 22.2 Å². The second-order valence-electron chi connectivity index (χ2n) is 4.42. The predicted molar refractivity (Wildman–Crippen MR) is 69.4 cm³/mol. The fourth-order valence-corrected chi connectivity index (χ4v) is 2.07. The highest BCUT2D eigenvalue weighted by atomic mass is 16.5. The summed E-state index contributed by atoms with van der Waals surface area (Å²) in [6, 6.07) is 8.10. The van der Waals surface area contributed by atoms with E-state index in [1.54, 1.807) is 6.20 Å². The van der Waals surface area contributed by atoms with Crippen LogP contribution in [0.2, 0.25) is 0 Å². The van der Waals surface area contributed by atoms with Gasteiger partial charge in [0.2, 0.25) is 0 Å². The van der Waals surface area contributed by atoms with Crippen LogP contribution in [0, 0.1) is 0 Å². The number of H-pyrrole nitrogens is 1. The molecule has 0 radical (unpaired) electrons. The summed E-state index contributed by atoms with van der Waals surface area (Å²) in [5, 5.41) is 2.34. The molecule has 0 spiro atoms. The smallest absolute Gasteiger partial charge is 0.121 e. The topological polar surface area (TPSA) is 37.9 Å². The first-order valence-corrected chi connectivity index (χ1v) is 5.76. The zero-order valence-corrected chi connectivity index (χ0v) is 9.90. The van der Waals surface area contributed by atoms with Crippen molar-refractivity contribution in [1.29, 1.82) is 0 Å². The lowest BCUT2D eigenvalue weighted by Gasteiger charge is -2.09. The maximum atomic E-state index is 5.68. The second-order valence-corrected chi connectivity index (χ2v) is 4.42. The number of pyridine rings is 1. The van der Waals surface area contributed by atoms with Gasteiger partial charge in [0.15, 0.2) is 0 Å². The van der Waals surface area contributed by atoms with E-state index in [-0.39, 0.29) is 6.10 Å². The maximum absolute atomic E-state index is 5.68. The van der Waals surface area contributed by atoms with Crippen molar-refractivity contribution in [2.24, 2.45) is 0 Å². The quantitative estimate of drug-likeness (QED) is 0.726. The van der Waals surface area contributed by atoms with Gasteiger partial charge in [0.25, 0.3) is 0 Å². The van der Waals surface area contributed by atoms with Crippen LogP contribution >= 0.6 is 0 Å². The van der Waals surface area contributed by atoms with Gasteiger partial charge in [-0.05, 0) is 32.0 Å². The average Bonchev–Trinajstić information content (AvgIpc) is 2.65. The zero-order valence-electron chi connectivity index (χ0n) is 9.90. The molecule has 0 fully saturated rings. The average molecular weight is 226 g/mol. The lowest BCUT2D eigenvalue weighted by Crippen LogP contribution is -2.05. The molecule has 0 unspecified atom stereocenters. The van der Waals surface area contributed by atoms with Crippen molar-refractivity contribution in [3.63, 3.8) is 0 Å². The number of benzene rings is 1. The van der Waals surface area contributed by atoms with E-state index >= 15 is 0 Å². The number of rotatable bonds is 2. The Morgan fingerprint density at radius 2 is 2.00 bits per heavy atom. The Kier molecular flexibility index (Phi) is 2.25. The van der Waals surface area contributed by atoms with Gasteiger partial charge in [-0.1, -0.05) is 0 Å². The van der Waals surface area contributed by atoms with E-state index in [9.17, 15) is 0 Å². The van der Waals surface area contributed by atoms with Crippen LogP contribution in [-0.4, -0.2) is 16.1 Å². The van der Waals surface area contributed by atoms with E-state index in [2.05, 4.69) is 16.0 Å². The minimum atomic E-state index is 0.193. The van der Waals surface area contributed by atoms with Crippen LogP contribution in [-0.2, 0) is 0 Å². The molecule has 1 N–H and O–H groups in total. The van der Waals surface area contributed by atoms with Crippen molar-refractivity contribution in [1.82, 2.24) is 9.97 Å². The van der Waals surface area contributed by atoms with Gasteiger partial charge < -0.3 is 9.72 Å². The summed E-state index contributed by atoms with van der Waals surface area (Å²) in [4.78, 5) is 7.53. The molecule has 0 bridgehead atoms. The molecule has 0 aliphatic heterocycles. The Bertz CT molecular complexity index is 670. The van der Waals surface area contributed by atoms with E-state index in [1.807, 2.05) is 38.2 Å². The van der Waals surface area contributed by atoms with Gasteiger partial charge in [-0.15, -0.1) is 0 Å². The van der Waals surface area contributed by atoms with E-state index in [4.69, 9.17) is 4.74 Å². The Hall–Kier alpha value is -2.03. The Labute approximate surface area is 99.4 Å². The number of aromatic nitrogens is 2. The van der Waals surface area contributed by atoms with Gasteiger partial charge in [-0.2, -0.15) is 0 Å². The molecule has 0 aliphatic carbocycles. The summed E-state index contributed by atoms with van der Waals surface area (Å²) in [5.41, 5.74) is 2.20. The lowest BCUT2D eigenvalue weighted by atomic mass is 10.2. The summed E-state index contributed by atoms with van der Waals surface area (Å²) >= 11 is 0. The third-order valence-electron chi connectivity index (χ3n) is 2.74. The van der Waals surface area contributed by atoms with Crippen LogP contribution < -0.4 is 4.74 Å². The minimum absolute atomic E-state index is 0.193. The number of ether oxygens (including phenoxy) is 1. The van der Waals surface area contributed by atoms with E-state index in [0.29, 0.717) is 0 Å². The summed E-state index contributed by atoms with van der Waals surface area (Å²) in [6.07, 6.45) is 3.87. The Balaban J connectivity index is 2.20. The van der Waals surface area contributed by atoms with Crippen LogP contribution in [0.4, 0.5) is 0 Å². The van der Waals surface area contributed by atoms with Crippen molar-refractivity contribution in [2.75, 3.05) is 0 Å². The van der Waals surface area contributed by atoms with E-state index in [1.165, 1.54) is 5.39 Å². The predicted octanol–water partition coefficient (Wildman–Crippen LogP) is 3.50. The van der Waals surface area contributed by atoms with Crippen molar-refractivity contribution >= 4 is 21.8 Å². The highest BCUT2D eigenvalue weighted by molar-refractivity contribution is 6.07. The molecule has 17 heavy (non-hydrogen) atoms. The molecule has 1 aromatic carbocycles. The number of aromatic amines is 1. The van der Waals surface area contributed by atoms with Crippen LogP contribution in [0.1, 0.15) is 13.8 Å². The molecular formula is C14H14N2O. The van der Waals surface area contributed by atoms with Crippen LogP contribution in [0.15, 0.2) is 36.7 Å². The standard InChI is InChI=1S/C14H14N2O/c1-9(2)17-10-3-4-11-12-8-15-6-5-13(12)16-14(11)7-10/h3-9,16H,1-2H3. The normalized spacial score (nSPS) is 11.5. The molecule has 3 rings (SSSR count). The van der Waals surface area contributed by atoms with Crippen molar-refractivity contribution < 1.29 is 4.74 Å². The molecular weight excluding hydrogens is 212 g/mol. The molecule has 0 aliphatic rings. The number of nitrogens with one attached hydrogen (secondary N) is 1. The Morgan fingerprint density at radius 3 is 2.82 bits per heavy atom. The van der Waals surface area contributed by atoms with Crippen LogP contribution in [0.25, 0.3) is 21.8 Å². The highest BCUT2D eigenvalue weighted by Crippen LogP contribution is 2.27. The molecule has 2 aromatic heterocycles. The first kappa shape index (κ1) is 10.1. The second kappa shape index (κ2) is 3.77. The molecule has 3 nitrogen and oxygen atoms in total.